The number of carbonyl (C=O) groups is 2. The number of halogens is 1. The second-order valence-corrected chi connectivity index (χ2v) is 6.92. The Balaban J connectivity index is -0.000000416. The van der Waals surface area contributed by atoms with Crippen LogP contribution in [-0.4, -0.2) is 25.9 Å². The molecule has 0 saturated carbocycles. The van der Waals surface area contributed by atoms with Gasteiger partial charge in [0.15, 0.2) is 0 Å². The van der Waals surface area contributed by atoms with Gasteiger partial charge in [-0.25, -0.2) is 4.39 Å². The number of unbranched alkanes of at least 4 members (excludes halogenated alkanes) is 1. The van der Waals surface area contributed by atoms with Crippen LogP contribution in [0.15, 0.2) is 42.5 Å². The van der Waals surface area contributed by atoms with Crippen LogP contribution >= 0.6 is 0 Å². The third-order valence-corrected chi connectivity index (χ3v) is 4.15. The van der Waals surface area contributed by atoms with Crippen LogP contribution in [0.4, 0.5) is 4.39 Å². The minimum absolute atomic E-state index is 0. The zero-order valence-electron chi connectivity index (χ0n) is 18.7. The van der Waals surface area contributed by atoms with Crippen molar-refractivity contribution in [3.05, 3.63) is 70.5 Å². The van der Waals surface area contributed by atoms with Crippen LogP contribution in [0.25, 0.3) is 0 Å². The molecular weight excluding hydrogens is 367 g/mol. The summed E-state index contributed by atoms with van der Waals surface area (Å²) in [5.41, 5.74) is 2.86. The van der Waals surface area contributed by atoms with Gasteiger partial charge in [0.05, 0.1) is 0 Å². The molecule has 2 aromatic carbocycles. The van der Waals surface area contributed by atoms with Crippen LogP contribution in [0.5, 0.6) is 0 Å². The van der Waals surface area contributed by atoms with E-state index in [0.717, 1.165) is 5.56 Å². The van der Waals surface area contributed by atoms with Gasteiger partial charge in [-0.05, 0) is 42.7 Å². The monoisotopic (exact) mass is 406 g/mol. The molecule has 4 nitrogen and oxygen atoms in total. The quantitative estimate of drug-likeness (QED) is 0.658. The third kappa shape index (κ3) is 9.88. The smallest absolute Gasteiger partial charge is 0.251 e. The molecule has 2 rings (SSSR count). The predicted molar refractivity (Wildman–Crippen MR) is 123 cm³/mol. The normalized spacial score (nSPS) is 9.55. The number of hydrogen-bond acceptors (Lipinski definition) is 2. The summed E-state index contributed by atoms with van der Waals surface area (Å²) in [5, 5.41) is 5.01. The summed E-state index contributed by atoms with van der Waals surface area (Å²) in [6, 6.07) is 12.0. The minimum Gasteiger partial charge on any atom is -0.355 e. The predicted octanol–water partition coefficient (Wildman–Crippen LogP) is 5.96. The highest BCUT2D eigenvalue weighted by atomic mass is 19.1. The molecule has 164 valence electrons. The van der Waals surface area contributed by atoms with E-state index in [9.17, 15) is 14.0 Å². The van der Waals surface area contributed by atoms with Crippen molar-refractivity contribution in [1.82, 2.24) is 10.6 Å². The van der Waals surface area contributed by atoms with E-state index in [1.165, 1.54) is 26.0 Å². The van der Waals surface area contributed by atoms with Crippen LogP contribution in [0.2, 0.25) is 0 Å². The maximum Gasteiger partial charge on any atom is 0.251 e. The van der Waals surface area contributed by atoms with E-state index in [4.69, 9.17) is 0 Å². The minimum atomic E-state index is -0.318. The molecule has 0 aliphatic carbocycles. The molecule has 0 saturated heterocycles. The van der Waals surface area contributed by atoms with Crippen LogP contribution in [0, 0.1) is 12.7 Å². The fourth-order valence-corrected chi connectivity index (χ4v) is 2.13. The fraction of sp³-hybridized carbons (Fsp3) is 0.417. The molecule has 5 heteroatoms. The number of rotatable bonds is 4. The highest BCUT2D eigenvalue weighted by molar-refractivity contribution is 5.94. The Kier molecular flexibility index (Phi) is 13.0. The summed E-state index contributed by atoms with van der Waals surface area (Å²) in [5.74, 6) is -0.487. The highest BCUT2D eigenvalue weighted by Gasteiger charge is 2.10. The van der Waals surface area contributed by atoms with Crippen molar-refractivity contribution in [2.75, 3.05) is 14.1 Å². The summed E-state index contributed by atoms with van der Waals surface area (Å²) in [6.07, 6.45) is 2.64. The third-order valence-electron chi connectivity index (χ3n) is 4.15. The first-order chi connectivity index (χ1) is 13.7. The Morgan fingerprint density at radius 1 is 0.897 bits per heavy atom. The van der Waals surface area contributed by atoms with E-state index >= 15 is 0 Å². The number of carbonyl (C=O) groups excluding carboxylic acids is 2. The van der Waals surface area contributed by atoms with E-state index in [1.54, 1.807) is 19.2 Å². The molecule has 0 aliphatic rings. The molecule has 0 atom stereocenters. The molecule has 0 unspecified atom stereocenters. The lowest BCUT2D eigenvalue weighted by atomic mass is 10.0. The van der Waals surface area contributed by atoms with Crippen molar-refractivity contribution < 1.29 is 16.8 Å². The average molecular weight is 407 g/mol. The molecule has 2 aromatic rings. The second-order valence-electron chi connectivity index (χ2n) is 6.92. The van der Waals surface area contributed by atoms with Crippen molar-refractivity contribution in [3.63, 3.8) is 0 Å². The molecule has 0 fully saturated rings. The van der Waals surface area contributed by atoms with Gasteiger partial charge in [-0.1, -0.05) is 64.3 Å². The van der Waals surface area contributed by atoms with Crippen molar-refractivity contribution in [2.45, 2.75) is 53.4 Å². The number of aryl methyl sites for hydroxylation is 1. The van der Waals surface area contributed by atoms with Gasteiger partial charge in [-0.3, -0.25) is 9.59 Å². The van der Waals surface area contributed by atoms with E-state index in [2.05, 4.69) is 24.5 Å². The lowest BCUT2D eigenvalue weighted by Gasteiger charge is -2.08. The Bertz CT molecular complexity index is 765. The van der Waals surface area contributed by atoms with Crippen molar-refractivity contribution in [2.24, 2.45) is 0 Å². The van der Waals surface area contributed by atoms with Crippen molar-refractivity contribution in [1.29, 1.82) is 0 Å². The van der Waals surface area contributed by atoms with E-state index in [-0.39, 0.29) is 26.4 Å². The number of hydrogen-bond donors (Lipinski definition) is 2. The largest absolute Gasteiger partial charge is 0.355 e. The molecule has 0 spiro atoms. The molecule has 2 amide bonds. The Morgan fingerprint density at radius 2 is 1.34 bits per heavy atom. The first-order valence-electron chi connectivity index (χ1n) is 10.0. The maximum atomic E-state index is 13.4. The maximum absolute atomic E-state index is 13.4. The van der Waals surface area contributed by atoms with Crippen molar-refractivity contribution >= 4 is 11.8 Å². The van der Waals surface area contributed by atoms with Gasteiger partial charge < -0.3 is 10.6 Å². The zero-order chi connectivity index (χ0) is 22.4. The molecule has 0 radical (unpaired) electrons. The summed E-state index contributed by atoms with van der Waals surface area (Å²) in [7, 11) is 3.15. The highest BCUT2D eigenvalue weighted by Crippen LogP contribution is 2.19. The number of nitrogens with one attached hydrogen (secondary N) is 2. The zero-order valence-corrected chi connectivity index (χ0v) is 18.7. The first-order valence-corrected chi connectivity index (χ1v) is 10.0. The molecule has 0 bridgehead atoms. The van der Waals surface area contributed by atoms with Crippen molar-refractivity contribution in [3.8, 4) is 0 Å². The SMILES string of the molecule is CCCC.CNC(=O)c1ccc(C(C)C)c(F)c1.CNC(=O)c1ccc(C)cc1.[HH].[HH]. The molecule has 0 aromatic heterocycles. The second kappa shape index (κ2) is 14.3. The number of amides is 2. The molecule has 0 heterocycles. The molecule has 0 aliphatic heterocycles. The standard InChI is InChI=1S/C11H14FNO.C9H11NO.C4H10.2H2/c1-7(2)9-5-4-8(6-10(9)12)11(14)13-3;1-7-3-5-8(6-4-7)9(11)10-2;1-3-4-2;;/h4-7H,1-3H3,(H,13,14);3-6H,1-2H3,(H,10,11);3-4H2,1-2H3;2*1H. The number of benzene rings is 2. The Labute approximate surface area is 177 Å². The summed E-state index contributed by atoms with van der Waals surface area (Å²) in [6.45, 7) is 10.2. The van der Waals surface area contributed by atoms with Gasteiger partial charge >= 0.3 is 0 Å². The molecular formula is C24H39FN2O2. The van der Waals surface area contributed by atoms with Crippen LogP contribution in [0.1, 0.15) is 81.2 Å². The lowest BCUT2D eigenvalue weighted by molar-refractivity contribution is 0.0955. The van der Waals surface area contributed by atoms with Gasteiger partial charge in [0.2, 0.25) is 0 Å². The summed E-state index contributed by atoms with van der Waals surface area (Å²) < 4.78 is 13.4. The molecule has 2 N–H and O–H groups in total. The van der Waals surface area contributed by atoms with E-state index in [1.807, 2.05) is 45.0 Å². The summed E-state index contributed by atoms with van der Waals surface area (Å²) >= 11 is 0. The van der Waals surface area contributed by atoms with E-state index < -0.39 is 0 Å². The first kappa shape index (κ1) is 26.3. The van der Waals surface area contributed by atoms with Gasteiger partial charge in [0.25, 0.3) is 11.8 Å². The van der Waals surface area contributed by atoms with Gasteiger partial charge in [0, 0.05) is 28.1 Å². The topological polar surface area (TPSA) is 58.2 Å². The van der Waals surface area contributed by atoms with Gasteiger partial charge in [-0.15, -0.1) is 0 Å². The summed E-state index contributed by atoms with van der Waals surface area (Å²) in [4.78, 5) is 22.2. The lowest BCUT2D eigenvalue weighted by Crippen LogP contribution is -2.18. The Morgan fingerprint density at radius 3 is 1.72 bits per heavy atom. The molecule has 29 heavy (non-hydrogen) atoms. The van der Waals surface area contributed by atoms with Crippen LogP contribution < -0.4 is 10.6 Å². The van der Waals surface area contributed by atoms with Gasteiger partial charge in [0.1, 0.15) is 5.82 Å². The fourth-order valence-electron chi connectivity index (χ4n) is 2.13. The van der Waals surface area contributed by atoms with E-state index in [0.29, 0.717) is 16.7 Å². The average Bonchev–Trinajstić information content (AvgIpc) is 2.73. The van der Waals surface area contributed by atoms with Crippen LogP contribution in [-0.2, 0) is 0 Å². The Hall–Kier alpha value is -2.69. The van der Waals surface area contributed by atoms with Gasteiger partial charge in [-0.2, -0.15) is 0 Å². The van der Waals surface area contributed by atoms with Crippen LogP contribution in [0.3, 0.4) is 0 Å².